The number of imide groups is 1. The second kappa shape index (κ2) is 8.21. The van der Waals surface area contributed by atoms with Gasteiger partial charge in [-0.25, -0.2) is 0 Å². The number of amides is 2. The van der Waals surface area contributed by atoms with Crippen molar-refractivity contribution >= 4 is 17.8 Å². The molecule has 0 bridgehead atoms. The lowest BCUT2D eigenvalue weighted by Gasteiger charge is -2.15. The molecule has 1 aromatic rings. The molecule has 0 unspecified atom stereocenters. The first-order chi connectivity index (χ1) is 9.93. The van der Waals surface area contributed by atoms with Crippen molar-refractivity contribution in [1.29, 1.82) is 0 Å². The van der Waals surface area contributed by atoms with Crippen LogP contribution in [0.5, 0.6) is 0 Å². The zero-order chi connectivity index (χ0) is 15.8. The van der Waals surface area contributed by atoms with E-state index in [0.29, 0.717) is 25.1 Å². The number of likely N-dealkylation sites (N-methyl/N-ethyl adjacent to an activating group) is 1. The van der Waals surface area contributed by atoms with E-state index >= 15 is 0 Å². The Labute approximate surface area is 123 Å². The number of ether oxygens (including phenoxy) is 1. The first kappa shape index (κ1) is 16.9. The molecule has 1 N–H and O–H groups in total. The number of carbonyl (C=O) groups excluding carboxylic acids is 3. The molecule has 0 aliphatic rings. The Morgan fingerprint density at radius 1 is 1.38 bits per heavy atom. The highest BCUT2D eigenvalue weighted by Crippen LogP contribution is 1.99. The molecule has 0 spiro atoms. The molecule has 0 aliphatic heterocycles. The molecule has 0 radical (unpaired) electrons. The molecule has 0 aromatic carbocycles. The van der Waals surface area contributed by atoms with Gasteiger partial charge in [-0.15, -0.1) is 0 Å². The molecule has 0 fully saturated rings. The molecule has 21 heavy (non-hydrogen) atoms. The van der Waals surface area contributed by atoms with Crippen LogP contribution < -0.4 is 5.32 Å². The maximum atomic E-state index is 11.8. The highest BCUT2D eigenvalue weighted by molar-refractivity contribution is 6.04. The average molecular weight is 295 g/mol. The SMILES string of the molecule is COC(=O)CCCN(C)CC(=O)NC(=O)c1cccn1C. The Morgan fingerprint density at radius 2 is 2.10 bits per heavy atom. The molecule has 7 heteroatoms. The van der Waals surface area contributed by atoms with Crippen LogP contribution in [0.2, 0.25) is 0 Å². The zero-order valence-corrected chi connectivity index (χ0v) is 12.6. The number of hydrogen-bond acceptors (Lipinski definition) is 5. The summed E-state index contributed by atoms with van der Waals surface area (Å²) in [7, 11) is 4.83. The molecule has 1 rings (SSSR count). The Bertz CT molecular complexity index is 510. The number of aromatic nitrogens is 1. The van der Waals surface area contributed by atoms with Gasteiger partial charge in [-0.2, -0.15) is 0 Å². The monoisotopic (exact) mass is 295 g/mol. The second-order valence-corrected chi connectivity index (χ2v) is 4.80. The van der Waals surface area contributed by atoms with E-state index in [1.54, 1.807) is 41.9 Å². The van der Waals surface area contributed by atoms with Gasteiger partial charge in [0, 0.05) is 19.7 Å². The van der Waals surface area contributed by atoms with Crippen molar-refractivity contribution in [2.24, 2.45) is 7.05 Å². The third-order valence-electron chi connectivity index (χ3n) is 2.99. The molecule has 2 amide bonds. The lowest BCUT2D eigenvalue weighted by Crippen LogP contribution is -2.39. The Hall–Kier alpha value is -2.15. The normalized spacial score (nSPS) is 10.5. The lowest BCUT2D eigenvalue weighted by atomic mass is 10.3. The van der Waals surface area contributed by atoms with Crippen molar-refractivity contribution in [3.05, 3.63) is 24.0 Å². The van der Waals surface area contributed by atoms with Crippen molar-refractivity contribution in [2.45, 2.75) is 12.8 Å². The van der Waals surface area contributed by atoms with Crippen LogP contribution in [0.4, 0.5) is 0 Å². The molecular formula is C14H21N3O4. The summed E-state index contributed by atoms with van der Waals surface area (Å²) in [5.41, 5.74) is 0.427. The van der Waals surface area contributed by atoms with E-state index in [-0.39, 0.29) is 18.4 Å². The van der Waals surface area contributed by atoms with Crippen LogP contribution in [0.1, 0.15) is 23.3 Å². The van der Waals surface area contributed by atoms with Crippen LogP contribution in [-0.4, -0.2) is 54.5 Å². The third kappa shape index (κ3) is 5.78. The van der Waals surface area contributed by atoms with Crippen LogP contribution in [0.3, 0.4) is 0 Å². The van der Waals surface area contributed by atoms with Crippen molar-refractivity contribution in [2.75, 3.05) is 27.2 Å². The largest absolute Gasteiger partial charge is 0.469 e. The molecule has 0 atom stereocenters. The van der Waals surface area contributed by atoms with E-state index in [1.165, 1.54) is 7.11 Å². The average Bonchev–Trinajstić information content (AvgIpc) is 2.84. The van der Waals surface area contributed by atoms with Gasteiger partial charge in [-0.05, 0) is 32.1 Å². The first-order valence-electron chi connectivity index (χ1n) is 6.65. The van der Waals surface area contributed by atoms with Gasteiger partial charge in [-0.3, -0.25) is 24.6 Å². The standard InChI is InChI=1S/C14H21N3O4/c1-16(8-5-7-13(19)21-3)10-12(18)15-14(20)11-6-4-9-17(11)2/h4,6,9H,5,7-8,10H2,1-3H3,(H,15,18,20). The topological polar surface area (TPSA) is 80.6 Å². The smallest absolute Gasteiger partial charge is 0.305 e. The van der Waals surface area contributed by atoms with Crippen LogP contribution in [0.15, 0.2) is 18.3 Å². The fourth-order valence-corrected chi connectivity index (χ4v) is 1.85. The third-order valence-corrected chi connectivity index (χ3v) is 2.99. The van der Waals surface area contributed by atoms with E-state index in [1.807, 2.05) is 0 Å². The predicted molar refractivity (Wildman–Crippen MR) is 76.6 cm³/mol. The van der Waals surface area contributed by atoms with Crippen LogP contribution in [0, 0.1) is 0 Å². The quantitative estimate of drug-likeness (QED) is 0.725. The maximum absolute atomic E-state index is 11.8. The number of nitrogens with zero attached hydrogens (tertiary/aromatic N) is 2. The van der Waals surface area contributed by atoms with Crippen molar-refractivity contribution in [1.82, 2.24) is 14.8 Å². The molecule has 0 saturated carbocycles. The maximum Gasteiger partial charge on any atom is 0.305 e. The van der Waals surface area contributed by atoms with E-state index in [9.17, 15) is 14.4 Å². The predicted octanol–water partition coefficient (Wildman–Crippen LogP) is 0.167. The number of aryl methyl sites for hydroxylation is 1. The Balaban J connectivity index is 2.31. The van der Waals surface area contributed by atoms with E-state index in [2.05, 4.69) is 10.1 Å². The van der Waals surface area contributed by atoms with Gasteiger partial charge in [0.15, 0.2) is 0 Å². The number of esters is 1. The van der Waals surface area contributed by atoms with Gasteiger partial charge < -0.3 is 9.30 Å². The summed E-state index contributed by atoms with van der Waals surface area (Å²) in [6.07, 6.45) is 2.64. The number of hydrogen-bond donors (Lipinski definition) is 1. The van der Waals surface area contributed by atoms with Gasteiger partial charge >= 0.3 is 5.97 Å². The summed E-state index contributed by atoms with van der Waals surface area (Å²) in [6.45, 7) is 0.665. The number of methoxy groups -OCH3 is 1. The van der Waals surface area contributed by atoms with E-state index < -0.39 is 5.91 Å². The minimum Gasteiger partial charge on any atom is -0.469 e. The van der Waals surface area contributed by atoms with Gasteiger partial charge in [0.05, 0.1) is 13.7 Å². The van der Waals surface area contributed by atoms with Crippen molar-refractivity contribution in [3.8, 4) is 0 Å². The van der Waals surface area contributed by atoms with E-state index in [0.717, 1.165) is 0 Å². The van der Waals surface area contributed by atoms with Gasteiger partial charge in [0.2, 0.25) is 5.91 Å². The van der Waals surface area contributed by atoms with Gasteiger partial charge in [-0.1, -0.05) is 0 Å². The summed E-state index contributed by atoms with van der Waals surface area (Å²) in [5, 5.41) is 2.33. The van der Waals surface area contributed by atoms with E-state index in [4.69, 9.17) is 0 Å². The summed E-state index contributed by atoms with van der Waals surface area (Å²) >= 11 is 0. The van der Waals surface area contributed by atoms with Crippen LogP contribution >= 0.6 is 0 Å². The minimum atomic E-state index is -0.421. The zero-order valence-electron chi connectivity index (χ0n) is 12.6. The molecule has 0 saturated heterocycles. The van der Waals surface area contributed by atoms with Crippen LogP contribution in [-0.2, 0) is 21.4 Å². The van der Waals surface area contributed by atoms with Gasteiger partial charge in [0.1, 0.15) is 5.69 Å². The molecule has 1 heterocycles. The van der Waals surface area contributed by atoms with Gasteiger partial charge in [0.25, 0.3) is 5.91 Å². The number of rotatable bonds is 7. The second-order valence-electron chi connectivity index (χ2n) is 4.80. The molecular weight excluding hydrogens is 274 g/mol. The Morgan fingerprint density at radius 3 is 2.67 bits per heavy atom. The fraction of sp³-hybridized carbons (Fsp3) is 0.500. The summed E-state index contributed by atoms with van der Waals surface area (Å²) in [4.78, 5) is 36.3. The number of carbonyl (C=O) groups is 3. The highest BCUT2D eigenvalue weighted by Gasteiger charge is 2.14. The summed E-state index contributed by atoms with van der Waals surface area (Å²) in [6, 6.07) is 3.38. The Kier molecular flexibility index (Phi) is 6.61. The molecule has 7 nitrogen and oxygen atoms in total. The van der Waals surface area contributed by atoms with Crippen molar-refractivity contribution < 1.29 is 19.1 Å². The fourth-order valence-electron chi connectivity index (χ4n) is 1.85. The summed E-state index contributed by atoms with van der Waals surface area (Å²) < 4.78 is 6.18. The lowest BCUT2D eigenvalue weighted by molar-refractivity contribution is -0.140. The summed E-state index contributed by atoms with van der Waals surface area (Å²) in [5.74, 6) is -1.07. The highest BCUT2D eigenvalue weighted by atomic mass is 16.5. The first-order valence-corrected chi connectivity index (χ1v) is 6.65. The number of nitrogens with one attached hydrogen (secondary N) is 1. The molecule has 0 aliphatic carbocycles. The van der Waals surface area contributed by atoms with Crippen molar-refractivity contribution in [3.63, 3.8) is 0 Å². The van der Waals surface area contributed by atoms with Crippen LogP contribution in [0.25, 0.3) is 0 Å². The molecule has 1 aromatic heterocycles. The molecule has 116 valence electrons. The minimum absolute atomic E-state index is 0.0946.